The van der Waals surface area contributed by atoms with Gasteiger partial charge in [-0.3, -0.25) is 4.79 Å². The molecule has 0 spiro atoms. The third kappa shape index (κ3) is 1.92. The summed E-state index contributed by atoms with van der Waals surface area (Å²) in [5.74, 6) is -4.12. The van der Waals surface area contributed by atoms with Crippen LogP contribution in [0.4, 0.5) is 18.0 Å². The molecule has 0 radical (unpaired) electrons. The Labute approximate surface area is 87.2 Å². The highest BCUT2D eigenvalue weighted by Crippen LogP contribution is 2.24. The summed E-state index contributed by atoms with van der Waals surface area (Å²) >= 11 is 0. The number of halogens is 3. The number of nitrogens with zero attached hydrogens (tertiary/aromatic N) is 2. The van der Waals surface area contributed by atoms with Gasteiger partial charge in [-0.25, -0.2) is 14.5 Å². The quantitative estimate of drug-likeness (QED) is 0.694. The highest BCUT2D eigenvalue weighted by molar-refractivity contribution is 6.02. The number of carboxylic acids is 1. The molecule has 0 aromatic heterocycles. The largest absolute Gasteiger partial charge is 0.480 e. The molecule has 1 saturated heterocycles. The predicted molar refractivity (Wildman–Crippen MR) is 42.4 cm³/mol. The maximum Gasteiger partial charge on any atom is 0.471 e. The molecular weight excluding hydrogens is 233 g/mol. The number of carboxylic acid groups (broad SMARTS) is 1. The first-order chi connectivity index (χ1) is 7.16. The van der Waals surface area contributed by atoms with E-state index in [0.29, 0.717) is 0 Å². The number of rotatable bonds is 1. The summed E-state index contributed by atoms with van der Waals surface area (Å²) < 4.78 is 36.2. The molecule has 1 N–H and O–H groups in total. The second kappa shape index (κ2) is 3.65. The lowest BCUT2D eigenvalue weighted by Crippen LogP contribution is -2.49. The standard InChI is InChI=1S/C7H7F3N2O4/c1-11-2-3(4(13)14)12(6(11)16)5(15)7(8,9)10/h3H,2H2,1H3,(H,13,14)/t3-/m0/s1. The van der Waals surface area contributed by atoms with Crippen LogP contribution in [0.25, 0.3) is 0 Å². The van der Waals surface area contributed by atoms with Crippen LogP contribution in [0, 0.1) is 0 Å². The molecule has 16 heavy (non-hydrogen) atoms. The van der Waals surface area contributed by atoms with Crippen LogP contribution in [0.3, 0.4) is 0 Å². The van der Waals surface area contributed by atoms with E-state index in [9.17, 15) is 27.6 Å². The Hall–Kier alpha value is -1.80. The Balaban J connectivity index is 3.04. The van der Waals surface area contributed by atoms with Crippen LogP contribution in [0.2, 0.25) is 0 Å². The summed E-state index contributed by atoms with van der Waals surface area (Å²) in [6.45, 7) is -0.462. The van der Waals surface area contributed by atoms with E-state index in [-0.39, 0.29) is 4.90 Å². The number of likely N-dealkylation sites (N-methyl/N-ethyl adjacent to an activating group) is 1. The van der Waals surface area contributed by atoms with Crippen molar-refractivity contribution in [3.63, 3.8) is 0 Å². The van der Waals surface area contributed by atoms with Crippen molar-refractivity contribution in [2.24, 2.45) is 0 Å². The Morgan fingerprint density at radius 2 is 1.94 bits per heavy atom. The molecule has 1 aliphatic heterocycles. The molecule has 1 aliphatic rings. The van der Waals surface area contributed by atoms with E-state index in [1.54, 1.807) is 0 Å². The topological polar surface area (TPSA) is 77.9 Å². The predicted octanol–water partition coefficient (Wildman–Crippen LogP) is -0.104. The van der Waals surface area contributed by atoms with Gasteiger partial charge in [0.25, 0.3) is 0 Å². The molecule has 90 valence electrons. The van der Waals surface area contributed by atoms with Gasteiger partial charge in [-0.1, -0.05) is 0 Å². The van der Waals surface area contributed by atoms with Gasteiger partial charge in [0.2, 0.25) is 0 Å². The summed E-state index contributed by atoms with van der Waals surface area (Å²) in [5.41, 5.74) is 0. The summed E-state index contributed by atoms with van der Waals surface area (Å²) in [7, 11) is 1.11. The fourth-order valence-corrected chi connectivity index (χ4v) is 1.29. The minimum Gasteiger partial charge on any atom is -0.480 e. The third-order valence-corrected chi connectivity index (χ3v) is 2.04. The zero-order valence-corrected chi connectivity index (χ0v) is 7.98. The smallest absolute Gasteiger partial charge is 0.471 e. The zero-order chi connectivity index (χ0) is 12.7. The number of hydrogen-bond donors (Lipinski definition) is 1. The fourth-order valence-electron chi connectivity index (χ4n) is 1.29. The number of hydrogen-bond acceptors (Lipinski definition) is 3. The van der Waals surface area contributed by atoms with Crippen LogP contribution in [0.5, 0.6) is 0 Å². The average Bonchev–Trinajstić information content (AvgIpc) is 2.41. The summed E-state index contributed by atoms with van der Waals surface area (Å²) in [6, 6.07) is -3.07. The second-order valence-electron chi connectivity index (χ2n) is 3.19. The van der Waals surface area contributed by atoms with Gasteiger partial charge in [0.05, 0.1) is 6.54 Å². The van der Waals surface area contributed by atoms with Crippen LogP contribution in [-0.2, 0) is 9.59 Å². The zero-order valence-electron chi connectivity index (χ0n) is 7.98. The first-order valence-electron chi connectivity index (χ1n) is 4.04. The number of imide groups is 1. The molecule has 1 fully saturated rings. The molecule has 3 amide bonds. The van der Waals surface area contributed by atoms with Crippen LogP contribution in [-0.4, -0.2) is 58.6 Å². The van der Waals surface area contributed by atoms with E-state index in [2.05, 4.69) is 0 Å². The van der Waals surface area contributed by atoms with Crippen molar-refractivity contribution < 1.29 is 32.7 Å². The van der Waals surface area contributed by atoms with Crippen molar-refractivity contribution >= 4 is 17.9 Å². The van der Waals surface area contributed by atoms with Crippen molar-refractivity contribution in [3.8, 4) is 0 Å². The highest BCUT2D eigenvalue weighted by Gasteiger charge is 2.53. The van der Waals surface area contributed by atoms with Gasteiger partial charge >= 0.3 is 24.1 Å². The lowest BCUT2D eigenvalue weighted by Gasteiger charge is -2.19. The molecule has 0 aromatic carbocycles. The van der Waals surface area contributed by atoms with Crippen molar-refractivity contribution in [3.05, 3.63) is 0 Å². The van der Waals surface area contributed by atoms with Crippen molar-refractivity contribution in [1.82, 2.24) is 9.80 Å². The van der Waals surface area contributed by atoms with Crippen LogP contribution in [0.1, 0.15) is 0 Å². The Kier molecular flexibility index (Phi) is 2.80. The molecule has 0 unspecified atom stereocenters. The number of aliphatic carboxylic acids is 1. The molecule has 0 bridgehead atoms. The number of carbonyl (C=O) groups excluding carboxylic acids is 2. The Morgan fingerprint density at radius 1 is 1.44 bits per heavy atom. The molecule has 6 nitrogen and oxygen atoms in total. The van der Waals surface area contributed by atoms with E-state index < -0.39 is 36.7 Å². The fraction of sp³-hybridized carbons (Fsp3) is 0.571. The van der Waals surface area contributed by atoms with E-state index >= 15 is 0 Å². The molecule has 1 atom stereocenters. The van der Waals surface area contributed by atoms with Crippen LogP contribution >= 0.6 is 0 Å². The van der Waals surface area contributed by atoms with Crippen molar-refractivity contribution in [1.29, 1.82) is 0 Å². The Morgan fingerprint density at radius 3 is 2.31 bits per heavy atom. The van der Waals surface area contributed by atoms with E-state index in [4.69, 9.17) is 5.11 Å². The van der Waals surface area contributed by atoms with Gasteiger partial charge in [-0.2, -0.15) is 13.2 Å². The molecule has 0 aliphatic carbocycles. The number of amides is 3. The molecular formula is C7H7F3N2O4. The van der Waals surface area contributed by atoms with Gasteiger partial charge in [0.1, 0.15) is 0 Å². The van der Waals surface area contributed by atoms with E-state index in [1.165, 1.54) is 0 Å². The lowest BCUT2D eigenvalue weighted by atomic mass is 10.3. The molecule has 0 saturated carbocycles. The van der Waals surface area contributed by atoms with E-state index in [1.807, 2.05) is 0 Å². The molecule has 1 heterocycles. The van der Waals surface area contributed by atoms with Crippen molar-refractivity contribution in [2.45, 2.75) is 12.2 Å². The van der Waals surface area contributed by atoms with Gasteiger partial charge in [0.15, 0.2) is 6.04 Å². The lowest BCUT2D eigenvalue weighted by molar-refractivity contribution is -0.184. The minimum atomic E-state index is -5.27. The summed E-state index contributed by atoms with van der Waals surface area (Å²) in [5, 5.41) is 8.59. The second-order valence-corrected chi connectivity index (χ2v) is 3.19. The first kappa shape index (κ1) is 12.3. The SMILES string of the molecule is CN1C[C@@H](C(=O)O)N(C(=O)C(F)(F)F)C1=O. The van der Waals surface area contributed by atoms with Crippen LogP contribution in [0.15, 0.2) is 0 Å². The average molecular weight is 240 g/mol. The third-order valence-electron chi connectivity index (χ3n) is 2.04. The molecule has 0 aromatic rings. The van der Waals surface area contributed by atoms with E-state index in [0.717, 1.165) is 11.9 Å². The maximum atomic E-state index is 12.1. The van der Waals surface area contributed by atoms with Gasteiger partial charge in [-0.05, 0) is 0 Å². The number of carbonyl (C=O) groups is 3. The normalized spacial score (nSPS) is 21.5. The van der Waals surface area contributed by atoms with Gasteiger partial charge in [0, 0.05) is 7.05 Å². The number of alkyl halides is 3. The van der Waals surface area contributed by atoms with Gasteiger partial charge < -0.3 is 10.0 Å². The van der Waals surface area contributed by atoms with Gasteiger partial charge in [-0.15, -0.1) is 0 Å². The Bertz CT molecular complexity index is 354. The monoisotopic (exact) mass is 240 g/mol. The summed E-state index contributed by atoms with van der Waals surface area (Å²) in [6.07, 6.45) is -5.27. The molecule has 9 heteroatoms. The molecule has 1 rings (SSSR count). The van der Waals surface area contributed by atoms with Crippen LogP contribution < -0.4 is 0 Å². The first-order valence-corrected chi connectivity index (χ1v) is 4.04. The number of urea groups is 1. The van der Waals surface area contributed by atoms with Crippen molar-refractivity contribution in [2.75, 3.05) is 13.6 Å². The summed E-state index contributed by atoms with van der Waals surface area (Å²) in [4.78, 5) is 33.0. The maximum absolute atomic E-state index is 12.1. The minimum absolute atomic E-state index is 0.289. The highest BCUT2D eigenvalue weighted by atomic mass is 19.4.